The Morgan fingerprint density at radius 1 is 1.41 bits per heavy atom. The third-order valence-electron chi connectivity index (χ3n) is 2.76. The minimum Gasteiger partial charge on any atom is -0.481 e. The number of nitrogens with zero attached hydrogens (tertiary/aromatic N) is 1. The van der Waals surface area contributed by atoms with E-state index in [-0.39, 0.29) is 18.4 Å². The lowest BCUT2D eigenvalue weighted by molar-refractivity contribution is -0.139. The predicted molar refractivity (Wildman–Crippen MR) is 61.8 cm³/mol. The van der Waals surface area contributed by atoms with Crippen molar-refractivity contribution < 1.29 is 19.4 Å². The molecule has 0 saturated carbocycles. The maximum atomic E-state index is 11.5. The second-order valence-corrected chi connectivity index (χ2v) is 4.30. The topological polar surface area (TPSA) is 78.9 Å². The first-order valence-electron chi connectivity index (χ1n) is 5.87. The van der Waals surface area contributed by atoms with Crippen molar-refractivity contribution in [2.24, 2.45) is 5.92 Å². The van der Waals surface area contributed by atoms with E-state index in [4.69, 9.17) is 9.84 Å². The van der Waals surface area contributed by atoms with E-state index < -0.39 is 5.97 Å². The Labute approximate surface area is 101 Å². The number of hydrogen-bond donors (Lipinski definition) is 2. The number of methoxy groups -OCH3 is 1. The Hall–Kier alpha value is -1.30. The number of aliphatic carboxylic acids is 1. The first kappa shape index (κ1) is 13.8. The van der Waals surface area contributed by atoms with Crippen LogP contribution in [0.1, 0.15) is 19.3 Å². The van der Waals surface area contributed by atoms with E-state index in [1.807, 2.05) is 0 Å². The second-order valence-electron chi connectivity index (χ2n) is 4.30. The SMILES string of the molecule is COCCCCNC(=O)N1CC(CC(=O)O)C1. The molecule has 0 unspecified atom stereocenters. The Morgan fingerprint density at radius 2 is 2.12 bits per heavy atom. The van der Waals surface area contributed by atoms with E-state index in [9.17, 15) is 9.59 Å². The smallest absolute Gasteiger partial charge is 0.317 e. The molecule has 1 fully saturated rings. The quantitative estimate of drug-likeness (QED) is 0.640. The van der Waals surface area contributed by atoms with Crippen molar-refractivity contribution in [2.45, 2.75) is 19.3 Å². The second kappa shape index (κ2) is 7.11. The van der Waals surface area contributed by atoms with Crippen molar-refractivity contribution >= 4 is 12.0 Å². The Bertz CT molecular complexity index is 264. The summed E-state index contributed by atoms with van der Waals surface area (Å²) in [6, 6.07) is -0.0935. The van der Waals surface area contributed by atoms with Gasteiger partial charge in [0.2, 0.25) is 0 Å². The van der Waals surface area contributed by atoms with E-state index in [0.717, 1.165) is 12.8 Å². The van der Waals surface area contributed by atoms with E-state index in [2.05, 4.69) is 5.32 Å². The van der Waals surface area contributed by atoms with Gasteiger partial charge in [-0.05, 0) is 12.8 Å². The lowest BCUT2D eigenvalue weighted by Gasteiger charge is -2.38. The highest BCUT2D eigenvalue weighted by Gasteiger charge is 2.31. The fourth-order valence-electron chi connectivity index (χ4n) is 1.79. The molecule has 0 aromatic heterocycles. The summed E-state index contributed by atoms with van der Waals surface area (Å²) in [5, 5.41) is 11.4. The largest absolute Gasteiger partial charge is 0.481 e. The van der Waals surface area contributed by atoms with Gasteiger partial charge in [0.05, 0.1) is 6.42 Å². The van der Waals surface area contributed by atoms with Crippen LogP contribution in [0.15, 0.2) is 0 Å². The maximum absolute atomic E-state index is 11.5. The number of carboxylic acids is 1. The van der Waals surface area contributed by atoms with Gasteiger partial charge in [-0.3, -0.25) is 4.79 Å². The van der Waals surface area contributed by atoms with Crippen LogP contribution >= 0.6 is 0 Å². The van der Waals surface area contributed by atoms with Gasteiger partial charge >= 0.3 is 12.0 Å². The summed E-state index contributed by atoms with van der Waals surface area (Å²) >= 11 is 0. The number of rotatable bonds is 7. The van der Waals surface area contributed by atoms with Gasteiger partial charge in [0.15, 0.2) is 0 Å². The average Bonchev–Trinajstić information content (AvgIpc) is 2.22. The molecule has 6 heteroatoms. The van der Waals surface area contributed by atoms with Crippen LogP contribution in [-0.4, -0.2) is 55.4 Å². The van der Waals surface area contributed by atoms with Crippen molar-refractivity contribution in [3.63, 3.8) is 0 Å². The zero-order valence-corrected chi connectivity index (χ0v) is 10.1. The van der Waals surface area contributed by atoms with Crippen molar-refractivity contribution in [2.75, 3.05) is 33.4 Å². The third kappa shape index (κ3) is 5.04. The van der Waals surface area contributed by atoms with E-state index in [0.29, 0.717) is 26.2 Å². The molecule has 0 aromatic rings. The molecule has 0 spiro atoms. The molecule has 0 aromatic carbocycles. The molecule has 0 radical (unpaired) electrons. The Balaban J connectivity index is 2.01. The van der Waals surface area contributed by atoms with Crippen LogP contribution in [0.4, 0.5) is 4.79 Å². The molecular formula is C11H20N2O4. The van der Waals surface area contributed by atoms with Crippen LogP contribution in [0.5, 0.6) is 0 Å². The van der Waals surface area contributed by atoms with E-state index in [1.165, 1.54) is 0 Å². The van der Waals surface area contributed by atoms with E-state index in [1.54, 1.807) is 12.0 Å². The number of amides is 2. The van der Waals surface area contributed by atoms with Gasteiger partial charge in [-0.25, -0.2) is 4.79 Å². The molecule has 1 aliphatic heterocycles. The van der Waals surface area contributed by atoms with E-state index >= 15 is 0 Å². The number of nitrogens with one attached hydrogen (secondary N) is 1. The van der Waals surface area contributed by atoms with Crippen LogP contribution < -0.4 is 5.32 Å². The summed E-state index contributed by atoms with van der Waals surface area (Å²) in [7, 11) is 1.65. The lowest BCUT2D eigenvalue weighted by atomic mass is 9.97. The van der Waals surface area contributed by atoms with Crippen molar-refractivity contribution in [1.29, 1.82) is 0 Å². The van der Waals surface area contributed by atoms with Crippen LogP contribution in [-0.2, 0) is 9.53 Å². The fraction of sp³-hybridized carbons (Fsp3) is 0.818. The minimum atomic E-state index is -0.797. The summed E-state index contributed by atoms with van der Waals surface area (Å²) in [5.41, 5.74) is 0. The number of ether oxygens (including phenoxy) is 1. The molecule has 0 atom stereocenters. The lowest BCUT2D eigenvalue weighted by Crippen LogP contribution is -2.54. The number of urea groups is 1. The maximum Gasteiger partial charge on any atom is 0.317 e. The summed E-state index contributed by atoms with van der Waals surface area (Å²) in [4.78, 5) is 23.6. The molecule has 1 heterocycles. The molecule has 1 saturated heterocycles. The first-order chi connectivity index (χ1) is 8.13. The molecule has 17 heavy (non-hydrogen) atoms. The minimum absolute atomic E-state index is 0.0935. The molecule has 98 valence electrons. The van der Waals surface area contributed by atoms with Gasteiger partial charge in [-0.15, -0.1) is 0 Å². The monoisotopic (exact) mass is 244 g/mol. The van der Waals surface area contributed by atoms with Gasteiger partial charge in [0.1, 0.15) is 0 Å². The van der Waals surface area contributed by atoms with Crippen molar-refractivity contribution in [1.82, 2.24) is 10.2 Å². The Morgan fingerprint density at radius 3 is 2.71 bits per heavy atom. The summed E-state index contributed by atoms with van der Waals surface area (Å²) in [6.07, 6.45) is 1.97. The number of hydrogen-bond acceptors (Lipinski definition) is 3. The summed E-state index contributed by atoms with van der Waals surface area (Å²) in [5.74, 6) is -0.679. The van der Waals surface area contributed by atoms with Gasteiger partial charge in [0.25, 0.3) is 0 Å². The molecule has 2 N–H and O–H groups in total. The van der Waals surface area contributed by atoms with Crippen molar-refractivity contribution in [3.05, 3.63) is 0 Å². The highest BCUT2D eigenvalue weighted by molar-refractivity contribution is 5.75. The number of carboxylic acid groups (broad SMARTS) is 1. The van der Waals surface area contributed by atoms with Gasteiger partial charge in [-0.1, -0.05) is 0 Å². The van der Waals surface area contributed by atoms with Gasteiger partial charge < -0.3 is 20.1 Å². The predicted octanol–water partition coefficient (Wildman–Crippen LogP) is 0.529. The normalized spacial score (nSPS) is 15.5. The molecular weight excluding hydrogens is 224 g/mol. The van der Waals surface area contributed by atoms with Gasteiger partial charge in [-0.2, -0.15) is 0 Å². The fourth-order valence-corrected chi connectivity index (χ4v) is 1.79. The zero-order valence-electron chi connectivity index (χ0n) is 10.1. The van der Waals surface area contributed by atoms with Crippen molar-refractivity contribution in [3.8, 4) is 0 Å². The standard InChI is InChI=1S/C11H20N2O4/c1-17-5-3-2-4-12-11(16)13-7-9(8-13)6-10(14)15/h9H,2-8H2,1H3,(H,12,16)(H,14,15). The highest BCUT2D eigenvalue weighted by atomic mass is 16.5. The van der Waals surface area contributed by atoms with Crippen LogP contribution in [0.25, 0.3) is 0 Å². The molecule has 0 bridgehead atoms. The number of likely N-dealkylation sites (tertiary alicyclic amines) is 1. The summed E-state index contributed by atoms with van der Waals surface area (Å²) < 4.78 is 4.90. The van der Waals surface area contributed by atoms with Crippen LogP contribution in [0, 0.1) is 5.92 Å². The molecule has 6 nitrogen and oxygen atoms in total. The molecule has 1 rings (SSSR count). The number of unbranched alkanes of at least 4 members (excludes halogenated alkanes) is 1. The molecule has 2 amide bonds. The third-order valence-corrected chi connectivity index (χ3v) is 2.76. The Kier molecular flexibility index (Phi) is 5.76. The number of carbonyl (C=O) groups is 2. The average molecular weight is 244 g/mol. The zero-order chi connectivity index (χ0) is 12.7. The van der Waals surface area contributed by atoms with Crippen LogP contribution in [0.3, 0.4) is 0 Å². The molecule has 1 aliphatic rings. The highest BCUT2D eigenvalue weighted by Crippen LogP contribution is 2.18. The first-order valence-corrected chi connectivity index (χ1v) is 5.87. The van der Waals surface area contributed by atoms with Crippen LogP contribution in [0.2, 0.25) is 0 Å². The number of carbonyl (C=O) groups excluding carboxylic acids is 1. The van der Waals surface area contributed by atoms with Gasteiger partial charge in [0, 0.05) is 39.3 Å². The summed E-state index contributed by atoms with van der Waals surface area (Å²) in [6.45, 7) is 2.45. The molecule has 0 aliphatic carbocycles.